The maximum absolute atomic E-state index is 12.1. The standard InChI is InChI=1S/C14H25NO2/c1-11(15)9-13(16)12-5-8-17-14(10-12)6-3-2-4-7-14/h11-12H,2-10,15H2,1H3. The van der Waals surface area contributed by atoms with Crippen LogP contribution in [0.3, 0.4) is 0 Å². The van der Waals surface area contributed by atoms with Gasteiger partial charge in [0.15, 0.2) is 0 Å². The van der Waals surface area contributed by atoms with Crippen LogP contribution in [0.5, 0.6) is 0 Å². The molecule has 0 aromatic carbocycles. The van der Waals surface area contributed by atoms with Crippen molar-refractivity contribution in [2.24, 2.45) is 11.7 Å². The van der Waals surface area contributed by atoms with E-state index >= 15 is 0 Å². The maximum Gasteiger partial charge on any atom is 0.137 e. The van der Waals surface area contributed by atoms with Crippen molar-refractivity contribution in [2.45, 2.75) is 69.9 Å². The van der Waals surface area contributed by atoms with Gasteiger partial charge in [-0.1, -0.05) is 19.3 Å². The van der Waals surface area contributed by atoms with Gasteiger partial charge in [-0.05, 0) is 32.6 Å². The molecule has 98 valence electrons. The van der Waals surface area contributed by atoms with Crippen LogP contribution >= 0.6 is 0 Å². The van der Waals surface area contributed by atoms with Gasteiger partial charge in [0.25, 0.3) is 0 Å². The van der Waals surface area contributed by atoms with Gasteiger partial charge in [-0.3, -0.25) is 4.79 Å². The lowest BCUT2D eigenvalue weighted by Gasteiger charge is -2.43. The zero-order valence-electron chi connectivity index (χ0n) is 10.9. The first kappa shape index (κ1) is 13.0. The fourth-order valence-corrected chi connectivity index (χ4v) is 3.33. The van der Waals surface area contributed by atoms with E-state index in [2.05, 4.69) is 0 Å². The Morgan fingerprint density at radius 1 is 1.41 bits per heavy atom. The van der Waals surface area contributed by atoms with Crippen LogP contribution in [0.4, 0.5) is 0 Å². The third-order valence-corrected chi connectivity index (χ3v) is 4.24. The summed E-state index contributed by atoms with van der Waals surface area (Å²) < 4.78 is 6.01. The highest BCUT2D eigenvalue weighted by Gasteiger charge is 2.40. The molecule has 1 aliphatic heterocycles. The molecule has 3 heteroatoms. The number of hydrogen-bond acceptors (Lipinski definition) is 3. The molecule has 1 heterocycles. The first-order valence-corrected chi connectivity index (χ1v) is 7.04. The molecule has 2 N–H and O–H groups in total. The Labute approximate surface area is 104 Å². The van der Waals surface area contributed by atoms with Crippen LogP contribution in [-0.2, 0) is 9.53 Å². The van der Waals surface area contributed by atoms with E-state index in [-0.39, 0.29) is 17.6 Å². The molecular formula is C14H25NO2. The molecule has 17 heavy (non-hydrogen) atoms. The average Bonchev–Trinajstić information content (AvgIpc) is 2.29. The summed E-state index contributed by atoms with van der Waals surface area (Å²) in [5.41, 5.74) is 5.75. The van der Waals surface area contributed by atoms with E-state index in [0.717, 1.165) is 32.3 Å². The molecule has 0 radical (unpaired) electrons. The Bertz CT molecular complexity index is 264. The molecule has 2 atom stereocenters. The van der Waals surface area contributed by atoms with Gasteiger partial charge in [-0.15, -0.1) is 0 Å². The number of hydrogen-bond donors (Lipinski definition) is 1. The van der Waals surface area contributed by atoms with Crippen molar-refractivity contribution in [3.8, 4) is 0 Å². The van der Waals surface area contributed by atoms with Crippen LogP contribution < -0.4 is 5.73 Å². The number of rotatable bonds is 3. The Balaban J connectivity index is 1.94. The third kappa shape index (κ3) is 3.29. The minimum Gasteiger partial charge on any atom is -0.375 e. The van der Waals surface area contributed by atoms with Crippen molar-refractivity contribution >= 4 is 5.78 Å². The monoisotopic (exact) mass is 239 g/mol. The topological polar surface area (TPSA) is 52.3 Å². The van der Waals surface area contributed by atoms with E-state index in [4.69, 9.17) is 10.5 Å². The van der Waals surface area contributed by atoms with Gasteiger partial charge in [0.2, 0.25) is 0 Å². The van der Waals surface area contributed by atoms with Crippen LogP contribution in [-0.4, -0.2) is 24.0 Å². The largest absolute Gasteiger partial charge is 0.375 e. The first-order valence-electron chi connectivity index (χ1n) is 7.04. The van der Waals surface area contributed by atoms with Crippen LogP contribution in [0.1, 0.15) is 58.3 Å². The van der Waals surface area contributed by atoms with Crippen LogP contribution in [0.25, 0.3) is 0 Å². The molecule has 0 bridgehead atoms. The Morgan fingerprint density at radius 2 is 2.12 bits per heavy atom. The van der Waals surface area contributed by atoms with Gasteiger partial charge < -0.3 is 10.5 Å². The summed E-state index contributed by atoms with van der Waals surface area (Å²) >= 11 is 0. The van der Waals surface area contributed by atoms with Crippen LogP contribution in [0, 0.1) is 5.92 Å². The number of carbonyl (C=O) groups excluding carboxylic acids is 1. The molecular weight excluding hydrogens is 214 g/mol. The molecule has 2 unspecified atom stereocenters. The smallest absolute Gasteiger partial charge is 0.137 e. The quantitative estimate of drug-likeness (QED) is 0.823. The summed E-state index contributed by atoms with van der Waals surface area (Å²) in [5.74, 6) is 0.557. The van der Waals surface area contributed by atoms with Gasteiger partial charge in [0, 0.05) is 25.0 Å². The van der Waals surface area contributed by atoms with E-state index < -0.39 is 0 Å². The Morgan fingerprint density at radius 3 is 2.76 bits per heavy atom. The Hall–Kier alpha value is -0.410. The van der Waals surface area contributed by atoms with Gasteiger partial charge in [-0.25, -0.2) is 0 Å². The fraction of sp³-hybridized carbons (Fsp3) is 0.929. The van der Waals surface area contributed by atoms with E-state index in [1.807, 2.05) is 6.92 Å². The lowest BCUT2D eigenvalue weighted by Crippen LogP contribution is -2.44. The van der Waals surface area contributed by atoms with E-state index in [0.29, 0.717) is 12.2 Å². The van der Waals surface area contributed by atoms with Crippen molar-refractivity contribution in [3.05, 3.63) is 0 Å². The van der Waals surface area contributed by atoms with Gasteiger partial charge >= 0.3 is 0 Å². The number of nitrogens with two attached hydrogens (primary N) is 1. The normalized spacial score (nSPS) is 30.1. The second-order valence-corrected chi connectivity index (χ2v) is 5.93. The molecule has 0 amide bonds. The van der Waals surface area contributed by atoms with Crippen molar-refractivity contribution in [1.29, 1.82) is 0 Å². The number of carbonyl (C=O) groups is 1. The lowest BCUT2D eigenvalue weighted by molar-refractivity contribution is -0.143. The van der Waals surface area contributed by atoms with Crippen molar-refractivity contribution in [2.75, 3.05) is 6.61 Å². The second-order valence-electron chi connectivity index (χ2n) is 5.93. The minimum atomic E-state index is -0.00680. The Kier molecular flexibility index (Phi) is 4.21. The summed E-state index contributed by atoms with van der Waals surface area (Å²) in [7, 11) is 0. The zero-order chi connectivity index (χ0) is 12.3. The average molecular weight is 239 g/mol. The number of ketones is 1. The zero-order valence-corrected chi connectivity index (χ0v) is 10.9. The first-order chi connectivity index (χ1) is 8.11. The van der Waals surface area contributed by atoms with Crippen molar-refractivity contribution in [1.82, 2.24) is 0 Å². The van der Waals surface area contributed by atoms with E-state index in [9.17, 15) is 4.79 Å². The number of Topliss-reactive ketones (excluding diaryl/α,β-unsaturated/α-hetero) is 1. The highest BCUT2D eigenvalue weighted by Crippen LogP contribution is 2.41. The number of ether oxygens (including phenoxy) is 1. The highest BCUT2D eigenvalue weighted by atomic mass is 16.5. The van der Waals surface area contributed by atoms with Crippen LogP contribution in [0.15, 0.2) is 0 Å². The van der Waals surface area contributed by atoms with Gasteiger partial charge in [0.1, 0.15) is 5.78 Å². The molecule has 0 aromatic rings. The summed E-state index contributed by atoms with van der Waals surface area (Å²) in [6.07, 6.45) is 8.50. The van der Waals surface area contributed by atoms with E-state index in [1.54, 1.807) is 0 Å². The molecule has 2 rings (SSSR count). The predicted octanol–water partition coefficient (Wildman–Crippen LogP) is 2.42. The van der Waals surface area contributed by atoms with Crippen LogP contribution in [0.2, 0.25) is 0 Å². The van der Waals surface area contributed by atoms with Crippen molar-refractivity contribution < 1.29 is 9.53 Å². The molecule has 3 nitrogen and oxygen atoms in total. The van der Waals surface area contributed by atoms with Crippen molar-refractivity contribution in [3.63, 3.8) is 0 Å². The molecule has 1 saturated heterocycles. The molecule has 0 aromatic heterocycles. The maximum atomic E-state index is 12.1. The molecule has 1 saturated carbocycles. The highest BCUT2D eigenvalue weighted by molar-refractivity contribution is 5.81. The summed E-state index contributed by atoms with van der Waals surface area (Å²) in [5, 5.41) is 0. The summed E-state index contributed by atoms with van der Waals surface area (Å²) in [4.78, 5) is 12.1. The summed E-state index contributed by atoms with van der Waals surface area (Å²) in [6, 6.07) is -0.00680. The molecule has 2 aliphatic rings. The molecule has 1 aliphatic carbocycles. The SMILES string of the molecule is CC(N)CC(=O)C1CCOC2(CCCCC2)C1. The summed E-state index contributed by atoms with van der Waals surface area (Å²) in [6.45, 7) is 2.67. The molecule has 1 spiro atoms. The van der Waals surface area contributed by atoms with Gasteiger partial charge in [-0.2, -0.15) is 0 Å². The second kappa shape index (κ2) is 5.49. The molecule has 2 fully saturated rings. The third-order valence-electron chi connectivity index (χ3n) is 4.24. The van der Waals surface area contributed by atoms with Gasteiger partial charge in [0.05, 0.1) is 5.60 Å². The predicted molar refractivity (Wildman–Crippen MR) is 67.8 cm³/mol. The fourth-order valence-electron chi connectivity index (χ4n) is 3.33. The van der Waals surface area contributed by atoms with E-state index in [1.165, 1.54) is 19.3 Å². The minimum absolute atomic E-state index is 0.00680. The lowest BCUT2D eigenvalue weighted by atomic mass is 9.74.